The Balaban J connectivity index is 2.90. The second-order valence-electron chi connectivity index (χ2n) is 3.98. The fourth-order valence-electron chi connectivity index (χ4n) is 1.14. The van der Waals surface area contributed by atoms with E-state index in [-0.39, 0.29) is 11.8 Å². The summed E-state index contributed by atoms with van der Waals surface area (Å²) in [7, 11) is 0. The van der Waals surface area contributed by atoms with E-state index >= 15 is 0 Å². The topological polar surface area (TPSA) is 55.1 Å². The lowest BCUT2D eigenvalue weighted by Crippen LogP contribution is -2.39. The molecule has 3 N–H and O–H groups in total. The van der Waals surface area contributed by atoms with Crippen LogP contribution in [0.2, 0.25) is 10.0 Å². The van der Waals surface area contributed by atoms with Crippen LogP contribution in [0.1, 0.15) is 13.8 Å². The maximum Gasteiger partial charge on any atom is 0.241 e. The van der Waals surface area contributed by atoms with Gasteiger partial charge in [-0.05, 0) is 34.0 Å². The van der Waals surface area contributed by atoms with Gasteiger partial charge >= 0.3 is 0 Å². The highest BCUT2D eigenvalue weighted by Gasteiger charge is 2.19. The molecular formula is C11H13BrCl2N2O. The van der Waals surface area contributed by atoms with Gasteiger partial charge in [0, 0.05) is 4.47 Å². The first-order valence-corrected chi connectivity index (χ1v) is 6.59. The predicted octanol–water partition coefficient (Wildman–Crippen LogP) is 3.68. The first-order chi connectivity index (χ1) is 7.84. The summed E-state index contributed by atoms with van der Waals surface area (Å²) < 4.78 is 0.676. The number of rotatable bonds is 3. The van der Waals surface area contributed by atoms with Crippen LogP contribution in [0.5, 0.6) is 0 Å². The van der Waals surface area contributed by atoms with Crippen molar-refractivity contribution in [1.82, 2.24) is 0 Å². The highest BCUT2D eigenvalue weighted by Crippen LogP contribution is 2.35. The van der Waals surface area contributed by atoms with Gasteiger partial charge in [0.1, 0.15) is 0 Å². The average Bonchev–Trinajstić information content (AvgIpc) is 2.28. The number of nitrogens with two attached hydrogens (primary N) is 1. The number of halogens is 3. The van der Waals surface area contributed by atoms with Crippen molar-refractivity contribution in [3.63, 3.8) is 0 Å². The summed E-state index contributed by atoms with van der Waals surface area (Å²) in [4.78, 5) is 11.8. The molecule has 6 heteroatoms. The van der Waals surface area contributed by atoms with Crippen LogP contribution in [0.4, 0.5) is 5.69 Å². The lowest BCUT2D eigenvalue weighted by Gasteiger charge is -2.16. The third kappa shape index (κ3) is 3.58. The lowest BCUT2D eigenvalue weighted by atomic mass is 10.1. The molecule has 0 aromatic heterocycles. The van der Waals surface area contributed by atoms with Gasteiger partial charge in [0.25, 0.3) is 0 Å². The molecule has 17 heavy (non-hydrogen) atoms. The zero-order valence-electron chi connectivity index (χ0n) is 9.43. The molecule has 0 radical (unpaired) electrons. The Morgan fingerprint density at radius 3 is 2.47 bits per heavy atom. The molecule has 0 aliphatic heterocycles. The number of carbonyl (C=O) groups is 1. The molecule has 0 saturated heterocycles. The van der Waals surface area contributed by atoms with Crippen molar-refractivity contribution in [2.45, 2.75) is 19.9 Å². The van der Waals surface area contributed by atoms with Gasteiger partial charge in [-0.15, -0.1) is 0 Å². The SMILES string of the molecule is CC(C)C(N)C(=O)Nc1ccc(Br)c(Cl)c1Cl. The summed E-state index contributed by atoms with van der Waals surface area (Å²) in [6, 6.07) is 2.81. The molecule has 3 nitrogen and oxygen atoms in total. The molecule has 1 rings (SSSR count). The minimum Gasteiger partial charge on any atom is -0.323 e. The van der Waals surface area contributed by atoms with Crippen molar-refractivity contribution in [2.75, 3.05) is 5.32 Å². The highest BCUT2D eigenvalue weighted by molar-refractivity contribution is 9.10. The Morgan fingerprint density at radius 2 is 1.94 bits per heavy atom. The smallest absolute Gasteiger partial charge is 0.241 e. The molecule has 0 saturated carbocycles. The molecule has 0 aliphatic carbocycles. The molecule has 1 aromatic rings. The summed E-state index contributed by atoms with van der Waals surface area (Å²) >= 11 is 15.2. The third-order valence-electron chi connectivity index (χ3n) is 2.31. The van der Waals surface area contributed by atoms with Gasteiger partial charge in [-0.1, -0.05) is 37.0 Å². The van der Waals surface area contributed by atoms with Crippen molar-refractivity contribution in [3.8, 4) is 0 Å². The van der Waals surface area contributed by atoms with Crippen LogP contribution in [-0.2, 0) is 4.79 Å². The number of hydrogen-bond donors (Lipinski definition) is 2. The number of nitrogens with one attached hydrogen (secondary N) is 1. The molecule has 94 valence electrons. The van der Waals surface area contributed by atoms with Crippen molar-refractivity contribution < 1.29 is 4.79 Å². The number of amides is 1. The van der Waals surface area contributed by atoms with E-state index in [9.17, 15) is 4.79 Å². The number of hydrogen-bond acceptors (Lipinski definition) is 2. The molecule has 1 amide bonds. The standard InChI is InChI=1S/C11H13BrCl2N2O/c1-5(2)10(15)11(17)16-7-4-3-6(12)8(13)9(7)14/h3-5,10H,15H2,1-2H3,(H,16,17). The first-order valence-electron chi connectivity index (χ1n) is 5.04. The van der Waals surface area contributed by atoms with Crippen LogP contribution in [0.15, 0.2) is 16.6 Å². The van der Waals surface area contributed by atoms with E-state index in [4.69, 9.17) is 28.9 Å². The zero-order valence-corrected chi connectivity index (χ0v) is 12.5. The van der Waals surface area contributed by atoms with Gasteiger partial charge < -0.3 is 11.1 Å². The minimum absolute atomic E-state index is 0.0553. The maximum absolute atomic E-state index is 11.8. The summed E-state index contributed by atoms with van der Waals surface area (Å²) in [6.45, 7) is 3.75. The summed E-state index contributed by atoms with van der Waals surface area (Å²) in [6.07, 6.45) is 0. The van der Waals surface area contributed by atoms with Gasteiger partial charge in [-0.2, -0.15) is 0 Å². The molecule has 0 heterocycles. The van der Waals surface area contributed by atoms with Crippen LogP contribution in [0, 0.1) is 5.92 Å². The van der Waals surface area contributed by atoms with E-state index in [0.29, 0.717) is 20.2 Å². The maximum atomic E-state index is 11.8. The van der Waals surface area contributed by atoms with Crippen molar-refractivity contribution in [1.29, 1.82) is 0 Å². The van der Waals surface area contributed by atoms with Crippen molar-refractivity contribution in [2.24, 2.45) is 11.7 Å². The molecule has 1 aromatic carbocycles. The van der Waals surface area contributed by atoms with Gasteiger partial charge in [0.05, 0.1) is 21.8 Å². The Hall–Kier alpha value is -0.290. The van der Waals surface area contributed by atoms with Gasteiger partial charge in [-0.25, -0.2) is 0 Å². The molecule has 0 bridgehead atoms. The molecule has 0 aliphatic rings. The van der Waals surface area contributed by atoms with E-state index in [2.05, 4.69) is 21.2 Å². The Morgan fingerprint density at radius 1 is 1.35 bits per heavy atom. The second-order valence-corrected chi connectivity index (χ2v) is 5.59. The molecule has 1 atom stereocenters. The number of anilines is 1. The van der Waals surface area contributed by atoms with Crippen LogP contribution < -0.4 is 11.1 Å². The highest BCUT2D eigenvalue weighted by atomic mass is 79.9. The second kappa shape index (κ2) is 6.05. The first kappa shape index (κ1) is 14.8. The zero-order chi connectivity index (χ0) is 13.2. The lowest BCUT2D eigenvalue weighted by molar-refractivity contribution is -0.118. The minimum atomic E-state index is -0.575. The Bertz CT molecular complexity index is 438. The van der Waals surface area contributed by atoms with Crippen molar-refractivity contribution >= 4 is 50.7 Å². The van der Waals surface area contributed by atoms with Gasteiger partial charge in [-0.3, -0.25) is 4.79 Å². The number of carbonyl (C=O) groups excluding carboxylic acids is 1. The van der Waals surface area contributed by atoms with E-state index in [1.54, 1.807) is 12.1 Å². The fourth-order valence-corrected chi connectivity index (χ4v) is 1.96. The monoisotopic (exact) mass is 338 g/mol. The predicted molar refractivity (Wildman–Crippen MR) is 75.6 cm³/mol. The van der Waals surface area contributed by atoms with E-state index in [1.165, 1.54) is 0 Å². The van der Waals surface area contributed by atoms with E-state index in [0.717, 1.165) is 0 Å². The molecule has 0 fully saturated rings. The Kier molecular flexibility index (Phi) is 5.25. The molecular weight excluding hydrogens is 327 g/mol. The molecule has 1 unspecified atom stereocenters. The summed E-state index contributed by atoms with van der Waals surface area (Å²) in [5, 5.41) is 3.32. The van der Waals surface area contributed by atoms with E-state index in [1.807, 2.05) is 13.8 Å². The van der Waals surface area contributed by atoms with Crippen molar-refractivity contribution in [3.05, 3.63) is 26.7 Å². The van der Waals surface area contributed by atoms with Gasteiger partial charge in [0.2, 0.25) is 5.91 Å². The van der Waals surface area contributed by atoms with E-state index < -0.39 is 6.04 Å². The largest absolute Gasteiger partial charge is 0.323 e. The Labute approximate surface area is 119 Å². The fraction of sp³-hybridized carbons (Fsp3) is 0.364. The normalized spacial score (nSPS) is 12.6. The quantitative estimate of drug-likeness (QED) is 0.825. The van der Waals surface area contributed by atoms with Crippen LogP contribution in [0.3, 0.4) is 0 Å². The molecule has 0 spiro atoms. The van der Waals surface area contributed by atoms with Crippen LogP contribution >= 0.6 is 39.1 Å². The number of benzene rings is 1. The van der Waals surface area contributed by atoms with Crippen LogP contribution in [0.25, 0.3) is 0 Å². The average molecular weight is 340 g/mol. The van der Waals surface area contributed by atoms with Gasteiger partial charge in [0.15, 0.2) is 0 Å². The summed E-state index contributed by atoms with van der Waals surface area (Å²) in [5.74, 6) is -0.222. The third-order valence-corrected chi connectivity index (χ3v) is 4.09. The summed E-state index contributed by atoms with van der Waals surface area (Å²) in [5.41, 5.74) is 6.19. The van der Waals surface area contributed by atoms with Crippen LogP contribution in [-0.4, -0.2) is 11.9 Å².